The van der Waals surface area contributed by atoms with Crippen LogP contribution >= 0.6 is 23.5 Å². The molecule has 0 saturated carbocycles. The third kappa shape index (κ3) is 16.6. The standard InChI is InChI=1S/C56H65N6O20P3S2/c1-6-62-47-33-49-44(32-43(47)37(2)34-55(62,3)4)39(30-48(80-49)38-16-9-7-10-17-38)18-11-8-12-20-50-56(5,45-31-42(87(75,76)77)23-24-46(45)60(50)28-15-29-86(72,73)74)26-13-21-51(63)58-27-14-19-40-35-61(54(64)59-53(40)57)52-25-22-41(79-52)36-78-84(68,69)82-85(70,71)81-83(65,66)67/h7-12,16-18,20,23-24,30-35,41,52H,6,13,15,21-22,25-29,36H2,1-5H3,(H8-,57,58,59,63,64,65,66,67,68,69,70,71,72,73,74,75,76,77)/p+1/t41-,52+,56?/m0/s1. The number of anilines is 2. The molecule has 4 aliphatic heterocycles. The van der Waals surface area contributed by atoms with Gasteiger partial charge in [-0.15, -0.1) is 0 Å². The van der Waals surface area contributed by atoms with Crippen LogP contribution in [0.5, 0.6) is 5.75 Å². The summed E-state index contributed by atoms with van der Waals surface area (Å²) in [5.41, 5.74) is 11.5. The van der Waals surface area contributed by atoms with E-state index in [1.807, 2.05) is 72.2 Å². The molecule has 0 aliphatic carbocycles. The van der Waals surface area contributed by atoms with E-state index in [9.17, 15) is 59.0 Å². The van der Waals surface area contributed by atoms with Crippen molar-refractivity contribution in [1.82, 2.24) is 14.9 Å². The number of nitrogens with two attached hydrogens (primary N) is 1. The van der Waals surface area contributed by atoms with Crippen LogP contribution in [-0.4, -0.2) is 115 Å². The number of nitrogens with zero attached hydrogens (tertiary/aromatic N) is 4. The van der Waals surface area contributed by atoms with Gasteiger partial charge in [-0.3, -0.25) is 23.0 Å². The monoisotopic (exact) mass is 1300 g/mol. The van der Waals surface area contributed by atoms with Crippen molar-refractivity contribution in [2.24, 2.45) is 0 Å². The van der Waals surface area contributed by atoms with Gasteiger partial charge in [-0.05, 0) is 95.7 Å². The molecule has 0 radical (unpaired) electrons. The summed E-state index contributed by atoms with van der Waals surface area (Å²) in [7, 11) is -25.9. The Bertz CT molecular complexity index is 4090. The number of aromatic nitrogens is 2. The highest BCUT2D eigenvalue weighted by molar-refractivity contribution is 7.86. The van der Waals surface area contributed by atoms with E-state index in [4.69, 9.17) is 25.0 Å². The third-order valence-corrected chi connectivity index (χ3v) is 20.2. The summed E-state index contributed by atoms with van der Waals surface area (Å²) in [5.74, 6) is 5.62. The summed E-state index contributed by atoms with van der Waals surface area (Å²) in [6, 6.07) is 18.1. The number of nitrogens with one attached hydrogen (secondary N) is 1. The number of rotatable bonds is 23. The Balaban J connectivity index is 0.992. The zero-order chi connectivity index (χ0) is 63.5. The fourth-order valence-corrected chi connectivity index (χ4v) is 15.0. The first-order valence-corrected chi connectivity index (χ1v) is 34.7. The highest BCUT2D eigenvalue weighted by Crippen LogP contribution is 2.66. The minimum atomic E-state index is -5.75. The van der Waals surface area contributed by atoms with Gasteiger partial charge >= 0.3 is 29.2 Å². The molecule has 8 rings (SSSR count). The molecule has 87 heavy (non-hydrogen) atoms. The lowest BCUT2D eigenvalue weighted by Gasteiger charge is -2.43. The van der Waals surface area contributed by atoms with Gasteiger partial charge in [0.1, 0.15) is 30.1 Å². The summed E-state index contributed by atoms with van der Waals surface area (Å²) in [4.78, 5) is 68.7. The van der Waals surface area contributed by atoms with E-state index in [1.165, 1.54) is 24.4 Å². The first-order valence-electron chi connectivity index (χ1n) is 27.1. The third-order valence-electron chi connectivity index (χ3n) is 14.7. The molecule has 466 valence electrons. The predicted octanol–water partition coefficient (Wildman–Crippen LogP) is 7.72. The zero-order valence-corrected chi connectivity index (χ0v) is 52.1. The van der Waals surface area contributed by atoms with Gasteiger partial charge in [0.25, 0.3) is 20.2 Å². The number of carbonyl (C=O) groups excluding carboxylic acids is 1. The first kappa shape index (κ1) is 66.5. The van der Waals surface area contributed by atoms with E-state index < -0.39 is 85.4 Å². The highest BCUT2D eigenvalue weighted by Gasteiger charge is 2.48. The van der Waals surface area contributed by atoms with Crippen LogP contribution in [0.1, 0.15) is 107 Å². The van der Waals surface area contributed by atoms with E-state index in [0.29, 0.717) is 28.5 Å². The van der Waals surface area contributed by atoms with Crippen LogP contribution in [0, 0.1) is 11.8 Å². The van der Waals surface area contributed by atoms with Gasteiger partial charge in [0.2, 0.25) is 11.6 Å². The second-order valence-corrected chi connectivity index (χ2v) is 28.8. The number of benzene rings is 3. The van der Waals surface area contributed by atoms with Gasteiger partial charge in [0.15, 0.2) is 5.71 Å². The molecule has 26 nitrogen and oxygen atoms in total. The lowest BCUT2D eigenvalue weighted by Crippen LogP contribution is -2.44. The number of carbonyl (C=O) groups is 1. The molecule has 3 unspecified atom stereocenters. The Hall–Kier alpha value is -6.47. The van der Waals surface area contributed by atoms with Crippen LogP contribution in [0.15, 0.2) is 119 Å². The van der Waals surface area contributed by atoms with E-state index >= 15 is 0 Å². The Morgan fingerprint density at radius 2 is 1.69 bits per heavy atom. The van der Waals surface area contributed by atoms with Gasteiger partial charge in [-0.1, -0.05) is 72.6 Å². The van der Waals surface area contributed by atoms with Crippen LogP contribution in [0.4, 0.5) is 17.2 Å². The number of fused-ring (bicyclic) bond motifs is 3. The van der Waals surface area contributed by atoms with Gasteiger partial charge in [0, 0.05) is 71.7 Å². The number of amides is 1. The van der Waals surface area contributed by atoms with Crippen molar-refractivity contribution >= 4 is 89.4 Å². The lowest BCUT2D eigenvalue weighted by molar-refractivity contribution is -0.437. The van der Waals surface area contributed by atoms with Crippen molar-refractivity contribution in [2.45, 2.75) is 101 Å². The fourth-order valence-electron chi connectivity index (χ4n) is 11.0. The molecular weight excluding hydrogens is 1230 g/mol. The Morgan fingerprint density at radius 1 is 0.954 bits per heavy atom. The molecule has 5 heterocycles. The molecule has 1 amide bonds. The van der Waals surface area contributed by atoms with E-state index in [0.717, 1.165) is 44.6 Å². The summed E-state index contributed by atoms with van der Waals surface area (Å²) < 4.78 is 131. The van der Waals surface area contributed by atoms with E-state index in [2.05, 4.69) is 86.1 Å². The lowest BCUT2D eigenvalue weighted by atomic mass is 9.75. The molecule has 9 N–H and O–H groups in total. The number of hydrogen-bond acceptors (Lipinski definition) is 17. The number of phosphoric acid groups is 3. The molecule has 4 aromatic rings. The highest BCUT2D eigenvalue weighted by atomic mass is 32.2. The maximum Gasteiger partial charge on any atom is 0.490 e. The average Bonchev–Trinajstić information content (AvgIpc) is 1.75. The van der Waals surface area contributed by atoms with Gasteiger partial charge in [-0.2, -0.15) is 35.0 Å². The van der Waals surface area contributed by atoms with Crippen molar-refractivity contribution in [3.63, 3.8) is 0 Å². The zero-order valence-electron chi connectivity index (χ0n) is 47.7. The Labute approximate surface area is 502 Å². The van der Waals surface area contributed by atoms with Crippen molar-refractivity contribution in [3.05, 3.63) is 148 Å². The normalized spacial score (nSPS) is 21.1. The topological polar surface area (TPSA) is 383 Å². The number of nitrogen functional groups attached to an aromatic ring is 1. The summed E-state index contributed by atoms with van der Waals surface area (Å²) in [5, 5.41) is 2.71. The van der Waals surface area contributed by atoms with Crippen LogP contribution < -0.4 is 26.4 Å². The molecular formula is C56H66N6O20P3S2+. The SMILES string of the molecule is CCN1c2cc3c(cc2C(C)=CC1(C)C)C(=CC=CC=CC1=[N+](CCCS(=O)(=O)O)c2ccc(S(=O)(=O)O)cc2C1(C)CCCC(=O)NCC#Cc1cn([C@H]2CC[C@@H](COP(=O)(O)OP(=O)(O)OP(=O)(O)O)O2)c(=O)nc1N)C=C(c1ccccc1)O3. The molecule has 3 aromatic carbocycles. The fraction of sp³-hybridized carbons (Fsp3) is 0.357. The quantitative estimate of drug-likeness (QED) is 0.0116. The molecule has 0 spiro atoms. The van der Waals surface area contributed by atoms with Crippen LogP contribution in [0.2, 0.25) is 0 Å². The molecule has 1 aromatic heterocycles. The van der Waals surface area contributed by atoms with E-state index in [1.54, 1.807) is 6.08 Å². The smallest absolute Gasteiger partial charge is 0.456 e. The molecule has 0 bridgehead atoms. The maximum atomic E-state index is 13.4. The van der Waals surface area contributed by atoms with Crippen molar-refractivity contribution in [3.8, 4) is 17.6 Å². The summed E-state index contributed by atoms with van der Waals surface area (Å²) >= 11 is 0. The van der Waals surface area contributed by atoms with Crippen molar-refractivity contribution in [1.29, 1.82) is 0 Å². The molecule has 31 heteroatoms. The second kappa shape index (κ2) is 26.3. The molecule has 1 saturated heterocycles. The van der Waals surface area contributed by atoms with Crippen LogP contribution in [0.25, 0.3) is 16.9 Å². The van der Waals surface area contributed by atoms with Crippen molar-refractivity contribution < 1.29 is 91.2 Å². The van der Waals surface area contributed by atoms with Gasteiger partial charge in [0.05, 0.1) is 46.4 Å². The number of hydrogen-bond donors (Lipinski definition) is 8. The van der Waals surface area contributed by atoms with Crippen LogP contribution in [0.3, 0.4) is 0 Å². The minimum absolute atomic E-state index is 0.0228. The minimum Gasteiger partial charge on any atom is -0.456 e. The first-order chi connectivity index (χ1) is 40.7. The van der Waals surface area contributed by atoms with E-state index in [-0.39, 0.29) is 73.4 Å². The summed E-state index contributed by atoms with van der Waals surface area (Å²) in [6.07, 6.45) is 13.4. The molecule has 5 atom stereocenters. The number of phosphoric ester groups is 1. The second-order valence-electron chi connectivity index (χ2n) is 21.4. The van der Waals surface area contributed by atoms with Crippen molar-refractivity contribution in [2.75, 3.05) is 42.6 Å². The largest absolute Gasteiger partial charge is 0.490 e. The molecule has 1 fully saturated rings. The maximum absolute atomic E-state index is 13.4. The number of ether oxygens (including phenoxy) is 2. The summed E-state index contributed by atoms with van der Waals surface area (Å²) in [6.45, 7) is 10.4. The Kier molecular flexibility index (Phi) is 20.1. The predicted molar refractivity (Wildman–Crippen MR) is 323 cm³/mol. The van der Waals surface area contributed by atoms with Gasteiger partial charge in [-0.25, -0.2) is 18.5 Å². The molecule has 4 aliphatic rings. The average molecular weight is 1300 g/mol. The number of likely N-dealkylation sites (N-methyl/N-ethyl adjacent to an activating group) is 1. The Morgan fingerprint density at radius 3 is 2.38 bits per heavy atom. The van der Waals surface area contributed by atoms with Crippen LogP contribution in [-0.2, 0) is 62.0 Å². The number of allylic oxidation sites excluding steroid dienone is 8. The van der Waals surface area contributed by atoms with Gasteiger partial charge < -0.3 is 45.0 Å².